The summed E-state index contributed by atoms with van der Waals surface area (Å²) < 4.78 is 55.1. The van der Waals surface area contributed by atoms with Gasteiger partial charge in [0.2, 0.25) is 5.56 Å². The first-order chi connectivity index (χ1) is 17.8. The Balaban J connectivity index is 1.77. The molecule has 204 valence electrons. The van der Waals surface area contributed by atoms with Crippen LogP contribution in [0.25, 0.3) is 0 Å². The van der Waals surface area contributed by atoms with E-state index < -0.39 is 47.2 Å². The van der Waals surface area contributed by atoms with Crippen molar-refractivity contribution in [2.24, 2.45) is 0 Å². The Morgan fingerprint density at radius 2 is 1.76 bits per heavy atom. The molecule has 1 fully saturated rings. The number of halogens is 4. The van der Waals surface area contributed by atoms with Gasteiger partial charge in [-0.05, 0) is 39.1 Å². The number of benzene rings is 1. The molecule has 13 heteroatoms. The van der Waals surface area contributed by atoms with Crippen molar-refractivity contribution in [1.82, 2.24) is 14.8 Å². The van der Waals surface area contributed by atoms with E-state index in [4.69, 9.17) is 0 Å². The molecule has 0 spiro atoms. The summed E-state index contributed by atoms with van der Waals surface area (Å²) in [5, 5.41) is 12.0. The van der Waals surface area contributed by atoms with Crippen molar-refractivity contribution in [2.45, 2.75) is 44.4 Å². The van der Waals surface area contributed by atoms with Crippen LogP contribution in [0.4, 0.5) is 33.7 Å². The summed E-state index contributed by atoms with van der Waals surface area (Å²) in [6.07, 6.45) is -5.43. The number of nitrogens with one attached hydrogen (secondary N) is 2. The van der Waals surface area contributed by atoms with Crippen molar-refractivity contribution < 1.29 is 32.3 Å². The number of hydrogen-bond donors (Lipinski definition) is 3. The first kappa shape index (κ1) is 27.2. The molecule has 38 heavy (non-hydrogen) atoms. The molecule has 2 aliphatic heterocycles. The second kappa shape index (κ2) is 10.1. The molecule has 2 unspecified atom stereocenters. The standard InChI is InChI=1S/C25H27F4N5O4/c1-13-11-33(12-14(2)32(13)3)15-4-5-16(20-6-7-21(26)34(20)24(37)38)19(8-15)31-23(36)17-10-30-22(35)9-18(17)25(27,28)29/h4-10,13-14,20-21H,11-12H2,1-3H3,(H,30,35)(H,31,36)(H,37,38)/t13-,14+,20?,21?. The third kappa shape index (κ3) is 5.23. The van der Waals surface area contributed by atoms with Gasteiger partial charge in [-0.15, -0.1) is 0 Å². The van der Waals surface area contributed by atoms with Crippen LogP contribution >= 0.6 is 0 Å². The molecule has 4 rings (SSSR count). The molecule has 0 radical (unpaired) electrons. The van der Waals surface area contributed by atoms with Gasteiger partial charge in [0.1, 0.15) is 0 Å². The van der Waals surface area contributed by atoms with Gasteiger partial charge in [-0.1, -0.05) is 12.1 Å². The minimum Gasteiger partial charge on any atom is -0.465 e. The van der Waals surface area contributed by atoms with E-state index >= 15 is 0 Å². The molecular weight excluding hydrogens is 510 g/mol. The van der Waals surface area contributed by atoms with E-state index in [9.17, 15) is 37.1 Å². The average Bonchev–Trinajstić information content (AvgIpc) is 3.22. The lowest BCUT2D eigenvalue weighted by atomic mass is 10.0. The van der Waals surface area contributed by atoms with Gasteiger partial charge < -0.3 is 20.3 Å². The molecule has 0 bridgehead atoms. The van der Waals surface area contributed by atoms with E-state index in [1.165, 1.54) is 18.2 Å². The normalized spacial score (nSPS) is 24.1. The lowest BCUT2D eigenvalue weighted by Crippen LogP contribution is -2.55. The van der Waals surface area contributed by atoms with E-state index in [1.807, 2.05) is 25.8 Å². The molecule has 1 aromatic carbocycles. The molecular formula is C25H27F4N5O4. The number of aromatic nitrogens is 1. The number of amides is 2. The van der Waals surface area contributed by atoms with Crippen LogP contribution in [0.1, 0.15) is 41.4 Å². The van der Waals surface area contributed by atoms with Crippen molar-refractivity contribution in [3.8, 4) is 0 Å². The average molecular weight is 538 g/mol. The van der Waals surface area contributed by atoms with Crippen LogP contribution in [0.3, 0.4) is 0 Å². The highest BCUT2D eigenvalue weighted by Crippen LogP contribution is 2.38. The second-order valence-electron chi connectivity index (χ2n) is 9.51. The summed E-state index contributed by atoms with van der Waals surface area (Å²) in [6.45, 7) is 5.35. The van der Waals surface area contributed by atoms with Gasteiger partial charge in [0.05, 0.1) is 17.2 Å². The second-order valence-corrected chi connectivity index (χ2v) is 9.51. The van der Waals surface area contributed by atoms with E-state index in [0.29, 0.717) is 35.9 Å². The van der Waals surface area contributed by atoms with Crippen LogP contribution in [0.2, 0.25) is 0 Å². The first-order valence-electron chi connectivity index (χ1n) is 11.8. The maximum atomic E-state index is 14.3. The van der Waals surface area contributed by atoms with Crippen molar-refractivity contribution >= 4 is 23.4 Å². The number of aromatic amines is 1. The molecule has 4 atom stereocenters. The summed E-state index contributed by atoms with van der Waals surface area (Å²) in [5.41, 5.74) is -2.44. The Bertz CT molecular complexity index is 1320. The number of likely N-dealkylation sites (N-methyl/N-ethyl adjacent to an activating group) is 1. The molecule has 0 aliphatic carbocycles. The van der Waals surface area contributed by atoms with Gasteiger partial charge in [0.25, 0.3) is 5.91 Å². The topological polar surface area (TPSA) is 109 Å². The fraction of sp³-hybridized carbons (Fsp3) is 0.400. The summed E-state index contributed by atoms with van der Waals surface area (Å²) in [6, 6.07) is 4.29. The van der Waals surface area contributed by atoms with Crippen LogP contribution in [0, 0.1) is 0 Å². The molecule has 3 N–H and O–H groups in total. The largest absolute Gasteiger partial charge is 0.465 e. The van der Waals surface area contributed by atoms with Crippen LogP contribution in [0.5, 0.6) is 0 Å². The van der Waals surface area contributed by atoms with Crippen molar-refractivity contribution in [1.29, 1.82) is 0 Å². The van der Waals surface area contributed by atoms with Gasteiger partial charge in [-0.2, -0.15) is 13.2 Å². The highest BCUT2D eigenvalue weighted by molar-refractivity contribution is 6.06. The zero-order valence-electron chi connectivity index (χ0n) is 20.8. The number of alkyl halides is 4. The molecule has 0 saturated carbocycles. The predicted molar refractivity (Wildman–Crippen MR) is 132 cm³/mol. The van der Waals surface area contributed by atoms with Crippen LogP contribution in [-0.2, 0) is 6.18 Å². The van der Waals surface area contributed by atoms with E-state index in [-0.39, 0.29) is 23.3 Å². The minimum absolute atomic E-state index is 0.0149. The summed E-state index contributed by atoms with van der Waals surface area (Å²) in [5.74, 6) is -1.17. The van der Waals surface area contributed by atoms with Gasteiger partial charge in [0, 0.05) is 54.4 Å². The third-order valence-corrected chi connectivity index (χ3v) is 7.04. The van der Waals surface area contributed by atoms with E-state index in [0.717, 1.165) is 6.08 Å². The number of anilines is 2. The zero-order valence-corrected chi connectivity index (χ0v) is 20.8. The quantitative estimate of drug-likeness (QED) is 0.308. The minimum atomic E-state index is -4.98. The van der Waals surface area contributed by atoms with Gasteiger partial charge in [0.15, 0.2) is 6.30 Å². The number of nitrogens with zero attached hydrogens (tertiary/aromatic N) is 3. The molecule has 2 aromatic rings. The Morgan fingerprint density at radius 3 is 2.37 bits per heavy atom. The maximum Gasteiger partial charge on any atom is 0.417 e. The summed E-state index contributed by atoms with van der Waals surface area (Å²) in [7, 11) is 2.00. The first-order valence-corrected chi connectivity index (χ1v) is 11.8. The molecule has 1 aromatic heterocycles. The lowest BCUT2D eigenvalue weighted by Gasteiger charge is -2.43. The number of carbonyl (C=O) groups excluding carboxylic acids is 1. The number of carbonyl (C=O) groups is 2. The zero-order chi connectivity index (χ0) is 27.9. The summed E-state index contributed by atoms with van der Waals surface area (Å²) >= 11 is 0. The number of H-pyrrole nitrogens is 1. The third-order valence-electron chi connectivity index (χ3n) is 7.04. The number of pyridine rings is 1. The highest BCUT2D eigenvalue weighted by atomic mass is 19.4. The Morgan fingerprint density at radius 1 is 1.11 bits per heavy atom. The Labute approximate surface area is 215 Å². The van der Waals surface area contributed by atoms with Gasteiger partial charge >= 0.3 is 12.3 Å². The van der Waals surface area contributed by atoms with Gasteiger partial charge in [-0.3, -0.25) is 19.4 Å². The number of carboxylic acid groups (broad SMARTS) is 1. The number of rotatable bonds is 4. The van der Waals surface area contributed by atoms with E-state index in [1.54, 1.807) is 6.07 Å². The molecule has 1 saturated heterocycles. The molecule has 3 heterocycles. The van der Waals surface area contributed by atoms with Crippen LogP contribution in [-0.4, -0.2) is 70.4 Å². The number of hydrogen-bond acceptors (Lipinski definition) is 5. The van der Waals surface area contributed by atoms with E-state index in [2.05, 4.69) is 15.2 Å². The molecule has 9 nitrogen and oxygen atoms in total. The monoisotopic (exact) mass is 537 g/mol. The smallest absolute Gasteiger partial charge is 0.417 e. The Hall–Kier alpha value is -3.87. The molecule has 2 amide bonds. The lowest BCUT2D eigenvalue weighted by molar-refractivity contribution is -0.138. The fourth-order valence-electron chi connectivity index (χ4n) is 4.82. The summed E-state index contributed by atoms with van der Waals surface area (Å²) in [4.78, 5) is 43.2. The Kier molecular flexibility index (Phi) is 7.24. The SMILES string of the molecule is C[C@@H]1CN(c2ccc(C3C=CC(F)N3C(=O)O)c(NC(=O)c3c[nH]c(=O)cc3C(F)(F)F)c2)C[C@H](C)N1C. The molecule has 2 aliphatic rings. The van der Waals surface area contributed by atoms with Crippen LogP contribution in [0.15, 0.2) is 47.4 Å². The van der Waals surface area contributed by atoms with Crippen LogP contribution < -0.4 is 15.8 Å². The van der Waals surface area contributed by atoms with Crippen molar-refractivity contribution in [2.75, 3.05) is 30.4 Å². The highest BCUT2D eigenvalue weighted by Gasteiger charge is 2.38. The predicted octanol–water partition coefficient (Wildman–Crippen LogP) is 4.06. The van der Waals surface area contributed by atoms with Gasteiger partial charge in [-0.25, -0.2) is 9.18 Å². The maximum absolute atomic E-state index is 14.3. The van der Waals surface area contributed by atoms with Crippen molar-refractivity contribution in [3.05, 3.63) is 69.7 Å². The fourth-order valence-corrected chi connectivity index (χ4v) is 4.82. The van der Waals surface area contributed by atoms with Crippen molar-refractivity contribution in [3.63, 3.8) is 0 Å². The number of piperazine rings is 1.